The number of para-hydroxylation sites is 2. The number of nitrogen functional groups attached to an aromatic ring is 2. The van der Waals surface area contributed by atoms with Crippen molar-refractivity contribution < 1.29 is 19.4 Å². The van der Waals surface area contributed by atoms with Crippen LogP contribution in [0.2, 0.25) is 0 Å². The van der Waals surface area contributed by atoms with E-state index in [1.807, 2.05) is 6.07 Å². The van der Waals surface area contributed by atoms with Crippen LogP contribution in [0.4, 0.5) is 11.4 Å². The van der Waals surface area contributed by atoms with E-state index in [0.29, 0.717) is 23.5 Å². The number of aromatic carboxylic acids is 1. The molecule has 6 nitrogen and oxygen atoms in total. The molecule has 0 spiro atoms. The minimum atomic E-state index is -0.954. The van der Waals surface area contributed by atoms with Gasteiger partial charge in [0.1, 0.15) is 0 Å². The van der Waals surface area contributed by atoms with Crippen LogP contribution in [0.3, 0.4) is 0 Å². The summed E-state index contributed by atoms with van der Waals surface area (Å²) >= 11 is 0. The topological polar surface area (TPSA) is 116 Å². The van der Waals surface area contributed by atoms with Gasteiger partial charge in [0.05, 0.1) is 17.7 Å². The van der Waals surface area contributed by atoms with Gasteiger partial charge in [-0.1, -0.05) is 63.8 Å². The first kappa shape index (κ1) is 25.0. The molecule has 0 radical (unpaired) electrons. The Morgan fingerprint density at radius 2 is 1.50 bits per heavy atom. The Morgan fingerprint density at radius 1 is 0.867 bits per heavy atom. The molecule has 164 valence electrons. The molecular formula is C24H34N2O4. The molecule has 0 saturated heterocycles. The minimum Gasteiger partial charge on any atom is -0.478 e. The Balaban J connectivity index is 0.000000300. The number of ether oxygens (including phenoxy) is 1. The van der Waals surface area contributed by atoms with Gasteiger partial charge in [0.15, 0.2) is 0 Å². The molecule has 0 aliphatic rings. The van der Waals surface area contributed by atoms with E-state index in [1.54, 1.807) is 36.4 Å². The Kier molecular flexibility index (Phi) is 11.7. The summed E-state index contributed by atoms with van der Waals surface area (Å²) in [5.74, 6) is -1.28. The van der Waals surface area contributed by atoms with E-state index in [0.717, 1.165) is 50.5 Å². The predicted molar refractivity (Wildman–Crippen MR) is 122 cm³/mol. The monoisotopic (exact) mass is 414 g/mol. The molecule has 0 atom stereocenters. The van der Waals surface area contributed by atoms with Crippen molar-refractivity contribution >= 4 is 23.3 Å². The molecule has 0 fully saturated rings. The lowest BCUT2D eigenvalue weighted by atomic mass is 10.0. The summed E-state index contributed by atoms with van der Waals surface area (Å²) in [6.07, 6.45) is 7.33. The Labute approximate surface area is 179 Å². The third-order valence-electron chi connectivity index (χ3n) is 4.64. The molecule has 0 amide bonds. The summed E-state index contributed by atoms with van der Waals surface area (Å²) in [6.45, 7) is 4.72. The zero-order valence-electron chi connectivity index (χ0n) is 18.0. The van der Waals surface area contributed by atoms with E-state index in [-0.39, 0.29) is 11.5 Å². The second-order valence-electron chi connectivity index (χ2n) is 7.07. The number of unbranched alkanes of at least 4 members (excludes halogenated alkanes) is 4. The maximum atomic E-state index is 11.5. The van der Waals surface area contributed by atoms with Crippen LogP contribution in [0.1, 0.15) is 78.7 Å². The maximum Gasteiger partial charge on any atom is 0.340 e. The number of esters is 1. The van der Waals surface area contributed by atoms with Gasteiger partial charge in [0.25, 0.3) is 0 Å². The fourth-order valence-corrected chi connectivity index (χ4v) is 2.86. The highest BCUT2D eigenvalue weighted by molar-refractivity contribution is 5.95. The first-order valence-corrected chi connectivity index (χ1v) is 10.5. The Hall–Kier alpha value is -3.02. The summed E-state index contributed by atoms with van der Waals surface area (Å²) in [7, 11) is 0. The van der Waals surface area contributed by atoms with Crippen LogP contribution in [0.25, 0.3) is 0 Å². The Morgan fingerprint density at radius 3 is 2.13 bits per heavy atom. The first-order valence-electron chi connectivity index (χ1n) is 10.5. The highest BCUT2D eigenvalue weighted by atomic mass is 16.5. The quantitative estimate of drug-likeness (QED) is 0.275. The Bertz CT molecular complexity index is 806. The van der Waals surface area contributed by atoms with E-state index in [9.17, 15) is 9.59 Å². The van der Waals surface area contributed by atoms with Gasteiger partial charge < -0.3 is 21.3 Å². The largest absolute Gasteiger partial charge is 0.478 e. The molecule has 5 N–H and O–H groups in total. The van der Waals surface area contributed by atoms with Gasteiger partial charge >= 0.3 is 11.9 Å². The summed E-state index contributed by atoms with van der Waals surface area (Å²) < 4.78 is 5.09. The molecule has 0 saturated carbocycles. The fourth-order valence-electron chi connectivity index (χ4n) is 2.86. The first-order chi connectivity index (χ1) is 14.4. The van der Waals surface area contributed by atoms with Gasteiger partial charge in [-0.3, -0.25) is 0 Å². The van der Waals surface area contributed by atoms with Crippen molar-refractivity contribution in [2.24, 2.45) is 0 Å². The van der Waals surface area contributed by atoms with Crippen LogP contribution in [-0.4, -0.2) is 23.7 Å². The van der Waals surface area contributed by atoms with Gasteiger partial charge in [-0.05, 0) is 43.0 Å². The minimum absolute atomic E-state index is 0.212. The van der Waals surface area contributed by atoms with Crippen molar-refractivity contribution in [3.63, 3.8) is 0 Å². The number of benzene rings is 2. The van der Waals surface area contributed by atoms with Crippen molar-refractivity contribution in [1.82, 2.24) is 0 Å². The highest BCUT2D eigenvalue weighted by Crippen LogP contribution is 2.19. The lowest BCUT2D eigenvalue weighted by Crippen LogP contribution is -2.08. The molecule has 2 aromatic rings. The van der Waals surface area contributed by atoms with Crippen LogP contribution >= 0.6 is 0 Å². The molecule has 2 aromatic carbocycles. The number of hydrogen-bond donors (Lipinski definition) is 3. The zero-order chi connectivity index (χ0) is 22.4. The molecule has 6 heteroatoms. The zero-order valence-corrected chi connectivity index (χ0v) is 18.0. The number of carboxylic acid groups (broad SMARTS) is 1. The molecule has 30 heavy (non-hydrogen) atoms. The molecule has 0 aromatic heterocycles. The third kappa shape index (κ3) is 8.55. The van der Waals surface area contributed by atoms with Crippen molar-refractivity contribution in [2.75, 3.05) is 18.1 Å². The third-order valence-corrected chi connectivity index (χ3v) is 4.64. The molecule has 0 unspecified atom stereocenters. The van der Waals surface area contributed by atoms with E-state index in [4.69, 9.17) is 21.3 Å². The standard InChI is InChI=1S/2C12H17NO2/c1-2-3-6-9-15-12(14)10-7-4-5-8-11(10)13;1-2-3-4-6-9-7-5-8-10(11(9)13)12(14)15/h4-5,7-8H,2-3,6,9,13H2,1H3;5,7-8H,2-4,6,13H2,1H3,(H,14,15). The lowest BCUT2D eigenvalue weighted by molar-refractivity contribution is 0.0499. The van der Waals surface area contributed by atoms with E-state index in [2.05, 4.69) is 13.8 Å². The van der Waals surface area contributed by atoms with Crippen LogP contribution in [0, 0.1) is 0 Å². The van der Waals surface area contributed by atoms with Crippen LogP contribution in [0.5, 0.6) is 0 Å². The summed E-state index contributed by atoms with van der Waals surface area (Å²) in [5, 5.41) is 8.88. The van der Waals surface area contributed by atoms with Gasteiger partial charge in [0.2, 0.25) is 0 Å². The lowest BCUT2D eigenvalue weighted by Gasteiger charge is -2.07. The highest BCUT2D eigenvalue weighted by Gasteiger charge is 2.10. The molecular weight excluding hydrogens is 380 g/mol. The number of rotatable bonds is 10. The van der Waals surface area contributed by atoms with Gasteiger partial charge in [0, 0.05) is 11.4 Å². The number of hydrogen-bond acceptors (Lipinski definition) is 5. The molecule has 0 aliphatic heterocycles. The molecule has 0 aliphatic carbocycles. The van der Waals surface area contributed by atoms with Gasteiger partial charge in [-0.2, -0.15) is 0 Å². The summed E-state index contributed by atoms with van der Waals surface area (Å²) in [6, 6.07) is 12.1. The number of nitrogens with two attached hydrogens (primary N) is 2. The van der Waals surface area contributed by atoms with E-state index in [1.165, 1.54) is 0 Å². The summed E-state index contributed by atoms with van der Waals surface area (Å²) in [5.41, 5.74) is 13.9. The van der Waals surface area contributed by atoms with Gasteiger partial charge in [-0.15, -0.1) is 0 Å². The van der Waals surface area contributed by atoms with Crippen molar-refractivity contribution in [3.05, 3.63) is 59.2 Å². The number of carboxylic acids is 1. The van der Waals surface area contributed by atoms with Crippen molar-refractivity contribution in [2.45, 2.75) is 58.8 Å². The fraction of sp³-hybridized carbons (Fsp3) is 0.417. The molecule has 0 bridgehead atoms. The number of carbonyl (C=O) groups is 2. The van der Waals surface area contributed by atoms with Crippen molar-refractivity contribution in [3.8, 4) is 0 Å². The smallest absolute Gasteiger partial charge is 0.340 e. The van der Waals surface area contributed by atoms with Crippen molar-refractivity contribution in [1.29, 1.82) is 0 Å². The predicted octanol–water partition coefficient (Wildman–Crippen LogP) is 5.32. The number of carbonyl (C=O) groups excluding carboxylic acids is 1. The van der Waals surface area contributed by atoms with Gasteiger partial charge in [-0.25, -0.2) is 9.59 Å². The van der Waals surface area contributed by atoms with E-state index >= 15 is 0 Å². The number of aryl methyl sites for hydroxylation is 1. The summed E-state index contributed by atoms with van der Waals surface area (Å²) in [4.78, 5) is 22.4. The average Bonchev–Trinajstić information content (AvgIpc) is 2.73. The molecule has 2 rings (SSSR count). The second-order valence-corrected chi connectivity index (χ2v) is 7.07. The molecule has 0 heterocycles. The normalized spacial score (nSPS) is 10.1. The SMILES string of the molecule is CCCCCOC(=O)c1ccccc1N.CCCCCc1cccc(C(=O)O)c1N. The van der Waals surface area contributed by atoms with Crippen LogP contribution < -0.4 is 11.5 Å². The van der Waals surface area contributed by atoms with Crippen LogP contribution in [-0.2, 0) is 11.2 Å². The van der Waals surface area contributed by atoms with Crippen LogP contribution in [0.15, 0.2) is 42.5 Å². The number of anilines is 2. The van der Waals surface area contributed by atoms with E-state index < -0.39 is 5.97 Å². The average molecular weight is 415 g/mol. The second kappa shape index (κ2) is 14.0. The maximum absolute atomic E-state index is 11.5.